The molecule has 0 N–H and O–H groups in total. The molecule has 0 saturated carbocycles. The molecule has 0 saturated heterocycles. The summed E-state index contributed by atoms with van der Waals surface area (Å²) in [5.74, 6) is 0. The number of aromatic nitrogens is 3. The maximum absolute atomic E-state index is 5.95. The smallest absolute Gasteiger partial charge is 0.154 e. The lowest BCUT2D eigenvalue weighted by molar-refractivity contribution is 0.943. The van der Waals surface area contributed by atoms with Crippen LogP contribution >= 0.6 is 22.9 Å². The van der Waals surface area contributed by atoms with Crippen molar-refractivity contribution in [3.63, 3.8) is 0 Å². The van der Waals surface area contributed by atoms with Crippen LogP contribution in [0.15, 0.2) is 48.0 Å². The van der Waals surface area contributed by atoms with Gasteiger partial charge in [0.25, 0.3) is 0 Å². The largest absolute Gasteiger partial charge is 0.235 e. The van der Waals surface area contributed by atoms with Gasteiger partial charge in [0.1, 0.15) is 5.15 Å². The van der Waals surface area contributed by atoms with Gasteiger partial charge in [-0.2, -0.15) is 5.10 Å². The highest BCUT2D eigenvalue weighted by Gasteiger charge is 2.08. The van der Waals surface area contributed by atoms with Crippen molar-refractivity contribution in [2.75, 3.05) is 0 Å². The van der Waals surface area contributed by atoms with Crippen LogP contribution in [0.25, 0.3) is 27.0 Å². The van der Waals surface area contributed by atoms with Crippen LogP contribution in [-0.4, -0.2) is 14.6 Å². The predicted octanol–water partition coefficient (Wildman–Crippen LogP) is 4.26. The number of benzene rings is 1. The Bertz CT molecular complexity index is 894. The summed E-state index contributed by atoms with van der Waals surface area (Å²) in [6.07, 6.45) is 1.83. The zero-order valence-electron chi connectivity index (χ0n) is 9.75. The Hall–Kier alpha value is -1.91. The van der Waals surface area contributed by atoms with Crippen molar-refractivity contribution in [2.24, 2.45) is 0 Å². The van der Waals surface area contributed by atoms with Crippen molar-refractivity contribution in [3.05, 3.63) is 53.1 Å². The number of hydrogen-bond acceptors (Lipinski definition) is 3. The van der Waals surface area contributed by atoms with Gasteiger partial charge in [-0.05, 0) is 35.0 Å². The highest BCUT2D eigenvalue weighted by atomic mass is 35.5. The van der Waals surface area contributed by atoms with E-state index in [1.807, 2.05) is 12.3 Å². The third-order valence-electron chi connectivity index (χ3n) is 3.08. The molecule has 0 atom stereocenters. The molecule has 4 aromatic rings. The van der Waals surface area contributed by atoms with Crippen LogP contribution in [-0.2, 0) is 0 Å². The van der Waals surface area contributed by atoms with E-state index < -0.39 is 0 Å². The van der Waals surface area contributed by atoms with E-state index in [9.17, 15) is 0 Å². The Morgan fingerprint density at radius 2 is 2.05 bits per heavy atom. The average Bonchev–Trinajstić information content (AvgIpc) is 3.03. The molecule has 0 spiro atoms. The van der Waals surface area contributed by atoms with Crippen LogP contribution in [0.3, 0.4) is 0 Å². The fraction of sp³-hybridized carbons (Fsp3) is 0. The standard InChI is InChI=1S/C14H8ClN3S/c15-13-3-4-14-16-8-11(18(14)17-13)10-2-1-9-5-6-19-12(9)7-10/h1-8H. The van der Waals surface area contributed by atoms with Crippen molar-refractivity contribution in [1.82, 2.24) is 14.6 Å². The third kappa shape index (κ3) is 1.72. The summed E-state index contributed by atoms with van der Waals surface area (Å²) in [6, 6.07) is 12.1. The van der Waals surface area contributed by atoms with E-state index in [1.165, 1.54) is 10.1 Å². The van der Waals surface area contributed by atoms with E-state index >= 15 is 0 Å². The minimum absolute atomic E-state index is 0.462. The van der Waals surface area contributed by atoms with E-state index in [2.05, 4.69) is 39.7 Å². The first-order valence-electron chi connectivity index (χ1n) is 5.79. The summed E-state index contributed by atoms with van der Waals surface area (Å²) in [7, 11) is 0. The molecule has 0 bridgehead atoms. The highest BCUT2D eigenvalue weighted by molar-refractivity contribution is 7.17. The number of fused-ring (bicyclic) bond motifs is 2. The molecule has 19 heavy (non-hydrogen) atoms. The van der Waals surface area contributed by atoms with E-state index in [1.54, 1.807) is 21.9 Å². The van der Waals surface area contributed by atoms with Gasteiger partial charge in [0.05, 0.1) is 11.9 Å². The second-order valence-electron chi connectivity index (χ2n) is 4.24. The van der Waals surface area contributed by atoms with Gasteiger partial charge in [0.2, 0.25) is 0 Å². The van der Waals surface area contributed by atoms with Crippen LogP contribution in [0, 0.1) is 0 Å². The Balaban J connectivity index is 2.00. The molecule has 0 radical (unpaired) electrons. The number of halogens is 1. The fourth-order valence-electron chi connectivity index (χ4n) is 2.16. The highest BCUT2D eigenvalue weighted by Crippen LogP contribution is 2.28. The fourth-order valence-corrected chi connectivity index (χ4v) is 3.13. The summed E-state index contributed by atoms with van der Waals surface area (Å²) < 4.78 is 3.03. The summed E-state index contributed by atoms with van der Waals surface area (Å²) >= 11 is 7.69. The lowest BCUT2D eigenvalue weighted by atomic mass is 10.1. The first kappa shape index (κ1) is 11.0. The van der Waals surface area contributed by atoms with Crippen LogP contribution in [0.2, 0.25) is 5.15 Å². The second kappa shape index (κ2) is 4.05. The molecule has 3 heterocycles. The molecule has 3 aromatic heterocycles. The van der Waals surface area contributed by atoms with Gasteiger partial charge >= 0.3 is 0 Å². The van der Waals surface area contributed by atoms with E-state index in [4.69, 9.17) is 11.6 Å². The number of hydrogen-bond donors (Lipinski definition) is 0. The predicted molar refractivity (Wildman–Crippen MR) is 78.8 cm³/mol. The van der Waals surface area contributed by atoms with Gasteiger partial charge in [-0.15, -0.1) is 11.3 Å². The van der Waals surface area contributed by atoms with Crippen LogP contribution in [0.4, 0.5) is 0 Å². The molecule has 5 heteroatoms. The number of nitrogens with zero attached hydrogens (tertiary/aromatic N) is 3. The first-order chi connectivity index (χ1) is 9.31. The van der Waals surface area contributed by atoms with Gasteiger partial charge in [0.15, 0.2) is 5.65 Å². The van der Waals surface area contributed by atoms with Gasteiger partial charge in [-0.1, -0.05) is 23.7 Å². The van der Waals surface area contributed by atoms with Crippen molar-refractivity contribution < 1.29 is 0 Å². The minimum Gasteiger partial charge on any atom is -0.235 e. The van der Waals surface area contributed by atoms with Crippen molar-refractivity contribution in [3.8, 4) is 11.3 Å². The molecule has 0 unspecified atom stereocenters. The second-order valence-corrected chi connectivity index (χ2v) is 5.58. The lowest BCUT2D eigenvalue weighted by Gasteiger charge is -2.01. The van der Waals surface area contributed by atoms with Crippen LogP contribution < -0.4 is 0 Å². The number of imidazole rings is 1. The Kier molecular flexibility index (Phi) is 2.33. The van der Waals surface area contributed by atoms with Crippen molar-refractivity contribution >= 4 is 38.7 Å². The zero-order valence-corrected chi connectivity index (χ0v) is 11.3. The van der Waals surface area contributed by atoms with Crippen LogP contribution in [0.1, 0.15) is 0 Å². The van der Waals surface area contributed by atoms with E-state index in [0.29, 0.717) is 5.15 Å². The quantitative estimate of drug-likeness (QED) is 0.523. The molecule has 0 aliphatic rings. The first-order valence-corrected chi connectivity index (χ1v) is 7.05. The van der Waals surface area contributed by atoms with Gasteiger partial charge in [-0.25, -0.2) is 9.50 Å². The number of thiophene rings is 1. The van der Waals surface area contributed by atoms with E-state index in [0.717, 1.165) is 16.9 Å². The molecule has 4 rings (SSSR count). The molecular formula is C14H8ClN3S. The van der Waals surface area contributed by atoms with Crippen molar-refractivity contribution in [1.29, 1.82) is 0 Å². The maximum atomic E-state index is 5.95. The minimum atomic E-state index is 0.462. The Morgan fingerprint density at radius 3 is 3.00 bits per heavy atom. The number of rotatable bonds is 1. The molecule has 0 aliphatic carbocycles. The molecular weight excluding hydrogens is 278 g/mol. The maximum Gasteiger partial charge on any atom is 0.154 e. The molecule has 1 aromatic carbocycles. The van der Waals surface area contributed by atoms with Crippen LogP contribution in [0.5, 0.6) is 0 Å². The topological polar surface area (TPSA) is 30.2 Å². The summed E-state index contributed by atoms with van der Waals surface area (Å²) in [6.45, 7) is 0. The third-order valence-corrected chi connectivity index (χ3v) is 4.16. The zero-order chi connectivity index (χ0) is 12.8. The average molecular weight is 286 g/mol. The van der Waals surface area contributed by atoms with Crippen molar-refractivity contribution in [2.45, 2.75) is 0 Å². The summed E-state index contributed by atoms with van der Waals surface area (Å²) in [5, 5.41) is 8.12. The summed E-state index contributed by atoms with van der Waals surface area (Å²) in [5.41, 5.74) is 2.84. The monoisotopic (exact) mass is 285 g/mol. The Labute approximate surface area is 118 Å². The van der Waals surface area contributed by atoms with Gasteiger partial charge in [-0.3, -0.25) is 0 Å². The lowest BCUT2D eigenvalue weighted by Crippen LogP contribution is -1.93. The molecule has 3 nitrogen and oxygen atoms in total. The van der Waals surface area contributed by atoms with Gasteiger partial charge < -0.3 is 0 Å². The van der Waals surface area contributed by atoms with E-state index in [-0.39, 0.29) is 0 Å². The SMILES string of the molecule is Clc1ccc2ncc(-c3ccc4ccsc4c3)n2n1. The Morgan fingerprint density at radius 1 is 1.11 bits per heavy atom. The molecule has 0 aliphatic heterocycles. The normalized spacial score (nSPS) is 11.4. The summed E-state index contributed by atoms with van der Waals surface area (Å²) in [4.78, 5) is 4.35. The molecule has 92 valence electrons. The van der Waals surface area contributed by atoms with Gasteiger partial charge in [0, 0.05) is 10.3 Å². The molecule has 0 fully saturated rings. The molecule has 0 amide bonds.